The second-order valence-electron chi connectivity index (χ2n) is 15.6. The number of carbonyl (C=O) groups excluding carboxylic acids is 3. The average Bonchev–Trinajstić information content (AvgIpc) is 2.90. The lowest BCUT2D eigenvalue weighted by Crippen LogP contribution is -2.50. The van der Waals surface area contributed by atoms with Crippen LogP contribution >= 0.6 is 0 Å². The van der Waals surface area contributed by atoms with E-state index in [9.17, 15) is 14.4 Å². The molecule has 1 amide bonds. The number of alkyl carbamates (subject to hydrolysis) is 1. The first-order valence-electron chi connectivity index (χ1n) is 15.8. The fourth-order valence-corrected chi connectivity index (χ4v) is 5.78. The summed E-state index contributed by atoms with van der Waals surface area (Å²) in [5.74, 6) is 0.608. The lowest BCUT2D eigenvalue weighted by Gasteiger charge is -2.39. The molecule has 0 bridgehead atoms. The van der Waals surface area contributed by atoms with Crippen molar-refractivity contribution in [2.24, 2.45) is 5.73 Å². The Morgan fingerprint density at radius 2 is 1.12 bits per heavy atom. The molecule has 0 heterocycles. The van der Waals surface area contributed by atoms with Crippen LogP contribution in [0.15, 0.2) is 48.5 Å². The molecule has 0 aliphatic heterocycles. The molecule has 0 spiro atoms. The smallest absolute Gasteiger partial charge is 0.408 e. The van der Waals surface area contributed by atoms with E-state index in [1.807, 2.05) is 32.9 Å². The van der Waals surface area contributed by atoms with Gasteiger partial charge >= 0.3 is 6.09 Å². The monoisotopic (exact) mass is 590 g/mol. The largest absolute Gasteiger partial charge is 0.444 e. The van der Waals surface area contributed by atoms with E-state index in [4.69, 9.17) is 10.5 Å². The van der Waals surface area contributed by atoms with E-state index in [2.05, 4.69) is 83.3 Å². The van der Waals surface area contributed by atoms with E-state index in [1.165, 1.54) is 16.7 Å². The fraction of sp³-hybridized carbons (Fsp3) is 0.595. The zero-order chi connectivity index (χ0) is 32.3. The number of amides is 1. The van der Waals surface area contributed by atoms with Gasteiger partial charge in [0.25, 0.3) is 0 Å². The normalized spacial score (nSPS) is 18.7. The van der Waals surface area contributed by atoms with Crippen LogP contribution in [-0.2, 0) is 36.2 Å². The van der Waals surface area contributed by atoms with Crippen LogP contribution in [0.1, 0.15) is 136 Å². The topological polar surface area (TPSA) is 98.5 Å². The van der Waals surface area contributed by atoms with Gasteiger partial charge in [0.2, 0.25) is 0 Å². The highest BCUT2D eigenvalue weighted by atomic mass is 16.6. The highest BCUT2D eigenvalue weighted by molar-refractivity contribution is 5.80. The minimum Gasteiger partial charge on any atom is -0.444 e. The van der Waals surface area contributed by atoms with Crippen molar-refractivity contribution in [1.82, 2.24) is 5.32 Å². The summed E-state index contributed by atoms with van der Waals surface area (Å²) >= 11 is 0. The van der Waals surface area contributed by atoms with Crippen molar-refractivity contribution in [2.75, 3.05) is 0 Å². The molecule has 3 N–H and O–H groups in total. The maximum Gasteiger partial charge on any atom is 0.408 e. The number of rotatable bonds is 3. The molecule has 0 atom stereocenters. The Morgan fingerprint density at radius 3 is 1.56 bits per heavy atom. The third-order valence-electron chi connectivity index (χ3n) is 8.69. The van der Waals surface area contributed by atoms with Gasteiger partial charge in [-0.15, -0.1) is 0 Å². The van der Waals surface area contributed by atoms with Gasteiger partial charge in [-0.3, -0.25) is 9.59 Å². The summed E-state index contributed by atoms with van der Waals surface area (Å²) in [5, 5.41) is 3.09. The molecule has 2 saturated carbocycles. The van der Waals surface area contributed by atoms with Gasteiger partial charge in [-0.25, -0.2) is 4.79 Å². The highest BCUT2D eigenvalue weighted by Gasteiger charge is 2.39. The number of hydrogen-bond acceptors (Lipinski definition) is 5. The first-order chi connectivity index (χ1) is 19.7. The SMILES string of the molecule is CC(C)(C)OC(=O)NC1(c2cccc(C(C)(C)C)c2)CCC(=O)CC1.CC(C)(C)c1cccc(C2(N)CCC(=O)CC2)c1. The number of ether oxygens (including phenoxy) is 1. The molecule has 2 fully saturated rings. The molecule has 236 valence electrons. The van der Waals surface area contributed by atoms with Crippen LogP contribution in [0, 0.1) is 0 Å². The molecular weight excluding hydrogens is 536 g/mol. The summed E-state index contributed by atoms with van der Waals surface area (Å²) in [7, 11) is 0. The Hall–Kier alpha value is -2.99. The quantitative estimate of drug-likeness (QED) is 0.376. The zero-order valence-electron chi connectivity index (χ0n) is 28.0. The molecule has 2 aliphatic rings. The number of hydrogen-bond donors (Lipinski definition) is 2. The Kier molecular flexibility index (Phi) is 10.4. The summed E-state index contributed by atoms with van der Waals surface area (Å²) in [6, 6.07) is 16.9. The van der Waals surface area contributed by atoms with Crippen LogP contribution in [0.25, 0.3) is 0 Å². The molecule has 0 unspecified atom stereocenters. The molecule has 2 aromatic rings. The second kappa shape index (κ2) is 12.9. The van der Waals surface area contributed by atoms with E-state index >= 15 is 0 Å². The second-order valence-corrected chi connectivity index (χ2v) is 15.6. The van der Waals surface area contributed by atoms with E-state index in [-0.39, 0.29) is 22.2 Å². The predicted octanol–water partition coefficient (Wildman–Crippen LogP) is 8.13. The van der Waals surface area contributed by atoms with Gasteiger partial charge in [0.15, 0.2) is 0 Å². The van der Waals surface area contributed by atoms with E-state index in [0.29, 0.717) is 44.3 Å². The van der Waals surface area contributed by atoms with Gasteiger partial charge in [0, 0.05) is 31.2 Å². The van der Waals surface area contributed by atoms with Crippen molar-refractivity contribution in [3.05, 3.63) is 70.8 Å². The number of carbonyl (C=O) groups is 3. The first-order valence-corrected chi connectivity index (χ1v) is 15.8. The maximum atomic E-state index is 12.5. The molecule has 0 saturated heterocycles. The van der Waals surface area contributed by atoms with Crippen molar-refractivity contribution in [3.8, 4) is 0 Å². The zero-order valence-corrected chi connectivity index (χ0v) is 28.0. The predicted molar refractivity (Wildman–Crippen MR) is 174 cm³/mol. The number of ketones is 2. The van der Waals surface area contributed by atoms with Crippen molar-refractivity contribution >= 4 is 17.7 Å². The molecular formula is C37H54N2O4. The molecule has 0 radical (unpaired) electrons. The van der Waals surface area contributed by atoms with Crippen LogP contribution in [0.3, 0.4) is 0 Å². The van der Waals surface area contributed by atoms with Gasteiger partial charge in [-0.05, 0) is 79.5 Å². The molecule has 6 heteroatoms. The number of benzene rings is 2. The van der Waals surface area contributed by atoms with E-state index in [1.54, 1.807) is 0 Å². The standard InChI is InChI=1S/C21H31NO3.C16H23NO/c1-19(2,3)15-8-7-9-16(14-15)21(12-10-17(23)11-13-21)22-18(24)25-20(4,5)6;1-15(2,3)12-5-4-6-13(11-12)16(17)9-7-14(18)8-10-16/h7-9,14H,10-13H2,1-6H3,(H,22,24);4-6,11H,7-10,17H2,1-3H3. The molecule has 2 aromatic carbocycles. The Labute approximate surface area is 259 Å². The van der Waals surface area contributed by atoms with Crippen LogP contribution in [0.5, 0.6) is 0 Å². The van der Waals surface area contributed by atoms with E-state index < -0.39 is 17.2 Å². The maximum absolute atomic E-state index is 12.5. The lowest BCUT2D eigenvalue weighted by molar-refractivity contribution is -0.122. The van der Waals surface area contributed by atoms with Crippen LogP contribution in [-0.4, -0.2) is 23.3 Å². The van der Waals surface area contributed by atoms with Crippen molar-refractivity contribution in [2.45, 2.75) is 141 Å². The van der Waals surface area contributed by atoms with Gasteiger partial charge in [-0.1, -0.05) is 90.1 Å². The van der Waals surface area contributed by atoms with Crippen molar-refractivity contribution in [3.63, 3.8) is 0 Å². The Balaban J connectivity index is 0.000000248. The fourth-order valence-electron chi connectivity index (χ4n) is 5.78. The van der Waals surface area contributed by atoms with Gasteiger partial charge in [0.05, 0.1) is 5.54 Å². The lowest BCUT2D eigenvalue weighted by atomic mass is 9.74. The van der Waals surface area contributed by atoms with Gasteiger partial charge in [0.1, 0.15) is 17.2 Å². The number of nitrogens with two attached hydrogens (primary N) is 1. The summed E-state index contributed by atoms with van der Waals surface area (Å²) < 4.78 is 5.48. The molecule has 43 heavy (non-hydrogen) atoms. The van der Waals surface area contributed by atoms with Crippen molar-refractivity contribution < 1.29 is 19.1 Å². The van der Waals surface area contributed by atoms with E-state index in [0.717, 1.165) is 18.4 Å². The molecule has 4 rings (SSSR count). The summed E-state index contributed by atoms with van der Waals surface area (Å²) in [5.41, 5.74) is 10.0. The summed E-state index contributed by atoms with van der Waals surface area (Å²) in [4.78, 5) is 35.6. The highest BCUT2D eigenvalue weighted by Crippen LogP contribution is 2.38. The third-order valence-corrected chi connectivity index (χ3v) is 8.69. The van der Waals surface area contributed by atoms with Crippen molar-refractivity contribution in [1.29, 1.82) is 0 Å². The summed E-state index contributed by atoms with van der Waals surface area (Å²) in [6.45, 7) is 18.7. The van der Waals surface area contributed by atoms with Crippen LogP contribution < -0.4 is 11.1 Å². The van der Waals surface area contributed by atoms with Gasteiger partial charge in [-0.2, -0.15) is 0 Å². The first kappa shape index (κ1) is 34.5. The molecule has 6 nitrogen and oxygen atoms in total. The molecule has 2 aliphatic carbocycles. The average molecular weight is 591 g/mol. The van der Waals surface area contributed by atoms with Crippen LogP contribution in [0.4, 0.5) is 4.79 Å². The van der Waals surface area contributed by atoms with Crippen LogP contribution in [0.2, 0.25) is 0 Å². The van der Waals surface area contributed by atoms with Gasteiger partial charge < -0.3 is 15.8 Å². The minimum atomic E-state index is -0.553. The summed E-state index contributed by atoms with van der Waals surface area (Å²) in [6.07, 6.45) is 4.55. The third kappa shape index (κ3) is 9.50. The Bertz CT molecular complexity index is 1290. The number of Topliss-reactive ketones (excluding diaryl/α,β-unsaturated/α-hetero) is 2. The Morgan fingerprint density at radius 1 is 0.698 bits per heavy atom. The minimum absolute atomic E-state index is 0.0214. The number of nitrogens with one attached hydrogen (secondary N) is 1. The molecule has 0 aromatic heterocycles.